The third-order valence-corrected chi connectivity index (χ3v) is 5.07. The molecule has 0 N–H and O–H groups in total. The van der Waals surface area contributed by atoms with E-state index in [0.29, 0.717) is 19.5 Å². The molecule has 2 aromatic rings. The van der Waals surface area contributed by atoms with Crippen molar-refractivity contribution in [2.24, 2.45) is 0 Å². The molecule has 140 valence electrons. The zero-order chi connectivity index (χ0) is 19.0. The van der Waals surface area contributed by atoms with Gasteiger partial charge in [0.25, 0.3) is 0 Å². The molecular weight excluding hydrogens is 347 g/mol. The number of hydrogen-bond acceptors (Lipinski definition) is 3. The Morgan fingerprint density at radius 1 is 1.15 bits per heavy atom. The van der Waals surface area contributed by atoms with Gasteiger partial charge in [-0.05, 0) is 36.2 Å². The van der Waals surface area contributed by atoms with Gasteiger partial charge in [-0.1, -0.05) is 30.3 Å². The molecule has 0 spiro atoms. The summed E-state index contributed by atoms with van der Waals surface area (Å²) in [7, 11) is 0. The number of carbonyl (C=O) groups excluding carboxylic acids is 2. The Balaban J connectivity index is 1.48. The molecule has 2 aliphatic rings. The van der Waals surface area contributed by atoms with E-state index in [9.17, 15) is 14.0 Å². The number of rotatable bonds is 3. The fraction of sp³-hybridized carbons (Fsp3) is 0.333. The van der Waals surface area contributed by atoms with Gasteiger partial charge in [0, 0.05) is 12.2 Å². The Morgan fingerprint density at radius 3 is 2.67 bits per heavy atom. The first kappa shape index (κ1) is 17.7. The highest BCUT2D eigenvalue weighted by atomic mass is 19.1. The Hall–Kier alpha value is -2.73. The summed E-state index contributed by atoms with van der Waals surface area (Å²) < 4.78 is 19.1. The van der Waals surface area contributed by atoms with Crippen LogP contribution in [-0.2, 0) is 20.7 Å². The lowest BCUT2D eigenvalue weighted by Gasteiger charge is -2.37. The molecule has 0 radical (unpaired) electrons. The molecular formula is C21H21FN2O3. The zero-order valence-electron chi connectivity index (χ0n) is 15.1. The first-order chi connectivity index (χ1) is 13.0. The Kier molecular flexibility index (Phi) is 4.66. The van der Waals surface area contributed by atoms with E-state index in [4.69, 9.17) is 4.74 Å². The van der Waals surface area contributed by atoms with Crippen molar-refractivity contribution in [1.82, 2.24) is 4.90 Å². The van der Waals surface area contributed by atoms with E-state index in [1.165, 1.54) is 12.1 Å². The minimum absolute atomic E-state index is 0.0265. The van der Waals surface area contributed by atoms with E-state index in [-0.39, 0.29) is 36.4 Å². The Bertz CT molecular complexity index is 868. The van der Waals surface area contributed by atoms with Gasteiger partial charge < -0.3 is 14.5 Å². The number of halogens is 1. The quantitative estimate of drug-likeness (QED) is 0.837. The number of anilines is 1. The van der Waals surface area contributed by atoms with Crippen LogP contribution in [-0.4, -0.2) is 42.5 Å². The number of benzene rings is 2. The molecule has 4 rings (SSSR count). The number of morpholine rings is 1. The van der Waals surface area contributed by atoms with Crippen molar-refractivity contribution in [1.29, 1.82) is 0 Å². The molecule has 1 saturated heterocycles. The minimum atomic E-state index is -0.306. The average Bonchev–Trinajstić information content (AvgIpc) is 2.97. The standard InChI is InChI=1S/C21H21FN2O3/c1-14-11-23(12-19(27-14)15-6-8-17(22)9-7-15)21(26)13-24-18-5-3-2-4-16(18)10-20(24)25/h2-9,14,19H,10-13H2,1H3/t14-,19-/m1/s1. The molecule has 2 amide bonds. The van der Waals surface area contributed by atoms with Crippen LogP contribution in [0, 0.1) is 5.82 Å². The van der Waals surface area contributed by atoms with Gasteiger partial charge in [-0.15, -0.1) is 0 Å². The number of amides is 2. The van der Waals surface area contributed by atoms with Crippen molar-refractivity contribution in [2.75, 3.05) is 24.5 Å². The molecule has 2 aromatic carbocycles. The second-order valence-corrected chi connectivity index (χ2v) is 7.07. The Morgan fingerprint density at radius 2 is 1.89 bits per heavy atom. The molecule has 5 nitrogen and oxygen atoms in total. The lowest BCUT2D eigenvalue weighted by atomic mass is 10.1. The highest BCUT2D eigenvalue weighted by molar-refractivity contribution is 6.04. The number of hydrogen-bond donors (Lipinski definition) is 0. The van der Waals surface area contributed by atoms with Gasteiger partial charge in [0.05, 0.1) is 19.1 Å². The number of nitrogens with zero attached hydrogens (tertiary/aromatic N) is 2. The van der Waals surface area contributed by atoms with Gasteiger partial charge in [0.15, 0.2) is 0 Å². The van der Waals surface area contributed by atoms with E-state index >= 15 is 0 Å². The largest absolute Gasteiger partial charge is 0.367 e. The van der Waals surface area contributed by atoms with Gasteiger partial charge >= 0.3 is 0 Å². The molecule has 6 heteroatoms. The van der Waals surface area contributed by atoms with Crippen LogP contribution in [0.3, 0.4) is 0 Å². The molecule has 2 aliphatic heterocycles. The molecule has 0 aliphatic carbocycles. The molecule has 27 heavy (non-hydrogen) atoms. The average molecular weight is 368 g/mol. The first-order valence-electron chi connectivity index (χ1n) is 9.08. The van der Waals surface area contributed by atoms with Crippen molar-refractivity contribution in [3.63, 3.8) is 0 Å². The van der Waals surface area contributed by atoms with Crippen LogP contribution >= 0.6 is 0 Å². The maximum Gasteiger partial charge on any atom is 0.242 e. The van der Waals surface area contributed by atoms with Gasteiger partial charge in [0.2, 0.25) is 11.8 Å². The van der Waals surface area contributed by atoms with Crippen molar-refractivity contribution in [2.45, 2.75) is 25.6 Å². The predicted octanol–water partition coefficient (Wildman–Crippen LogP) is 2.70. The summed E-state index contributed by atoms with van der Waals surface area (Å²) >= 11 is 0. The monoisotopic (exact) mass is 368 g/mol. The molecule has 2 atom stereocenters. The van der Waals surface area contributed by atoms with E-state index in [1.54, 1.807) is 21.9 Å². The maximum atomic E-state index is 13.2. The summed E-state index contributed by atoms with van der Waals surface area (Å²) in [6.07, 6.45) is -0.111. The van der Waals surface area contributed by atoms with Crippen LogP contribution < -0.4 is 4.90 Å². The lowest BCUT2D eigenvalue weighted by molar-refractivity contribution is -0.144. The highest BCUT2D eigenvalue weighted by Crippen LogP contribution is 2.29. The third kappa shape index (κ3) is 3.57. The summed E-state index contributed by atoms with van der Waals surface area (Å²) in [5.41, 5.74) is 2.60. The summed E-state index contributed by atoms with van der Waals surface area (Å²) in [4.78, 5) is 28.5. The van der Waals surface area contributed by atoms with E-state index in [2.05, 4.69) is 0 Å². The fourth-order valence-corrected chi connectivity index (χ4v) is 3.74. The van der Waals surface area contributed by atoms with Crippen LogP contribution in [0.1, 0.15) is 24.2 Å². The second-order valence-electron chi connectivity index (χ2n) is 7.07. The van der Waals surface area contributed by atoms with Gasteiger partial charge in [-0.3, -0.25) is 9.59 Å². The summed E-state index contributed by atoms with van der Waals surface area (Å²) in [6.45, 7) is 2.80. The number of fused-ring (bicyclic) bond motifs is 1. The lowest BCUT2D eigenvalue weighted by Crippen LogP contribution is -2.49. The molecule has 2 heterocycles. The fourth-order valence-electron chi connectivity index (χ4n) is 3.74. The van der Waals surface area contributed by atoms with E-state index < -0.39 is 0 Å². The van der Waals surface area contributed by atoms with Crippen molar-refractivity contribution in [3.05, 3.63) is 65.5 Å². The topological polar surface area (TPSA) is 49.9 Å². The van der Waals surface area contributed by atoms with Crippen LogP contribution in [0.2, 0.25) is 0 Å². The third-order valence-electron chi connectivity index (χ3n) is 5.07. The van der Waals surface area contributed by atoms with Crippen molar-refractivity contribution < 1.29 is 18.7 Å². The van der Waals surface area contributed by atoms with Gasteiger partial charge in [0.1, 0.15) is 18.5 Å². The normalized spacial score (nSPS) is 22.1. The molecule has 0 saturated carbocycles. The smallest absolute Gasteiger partial charge is 0.242 e. The van der Waals surface area contributed by atoms with Crippen LogP contribution in [0.5, 0.6) is 0 Å². The Labute approximate surface area is 157 Å². The summed E-state index contributed by atoms with van der Waals surface area (Å²) in [5, 5.41) is 0. The SMILES string of the molecule is C[C@@H]1CN(C(=O)CN2C(=O)Cc3ccccc32)C[C@H](c2ccc(F)cc2)O1. The summed E-state index contributed by atoms with van der Waals surface area (Å²) in [5.74, 6) is -0.468. The van der Waals surface area contributed by atoms with Crippen LogP contribution in [0.25, 0.3) is 0 Å². The molecule has 0 unspecified atom stereocenters. The molecule has 0 bridgehead atoms. The van der Waals surface area contributed by atoms with Crippen LogP contribution in [0.15, 0.2) is 48.5 Å². The highest BCUT2D eigenvalue weighted by Gasteiger charge is 2.33. The number of para-hydroxylation sites is 1. The number of ether oxygens (including phenoxy) is 1. The zero-order valence-corrected chi connectivity index (χ0v) is 15.1. The summed E-state index contributed by atoms with van der Waals surface area (Å²) in [6, 6.07) is 13.7. The van der Waals surface area contributed by atoms with Crippen molar-refractivity contribution in [3.8, 4) is 0 Å². The van der Waals surface area contributed by atoms with Crippen LogP contribution in [0.4, 0.5) is 10.1 Å². The van der Waals surface area contributed by atoms with E-state index in [1.807, 2.05) is 31.2 Å². The number of carbonyl (C=O) groups is 2. The first-order valence-corrected chi connectivity index (χ1v) is 9.08. The minimum Gasteiger partial charge on any atom is -0.367 e. The molecule has 1 fully saturated rings. The predicted molar refractivity (Wildman–Crippen MR) is 98.8 cm³/mol. The molecule has 0 aromatic heterocycles. The maximum absolute atomic E-state index is 13.2. The second kappa shape index (κ2) is 7.12. The van der Waals surface area contributed by atoms with Crippen molar-refractivity contribution >= 4 is 17.5 Å². The van der Waals surface area contributed by atoms with Gasteiger partial charge in [-0.2, -0.15) is 0 Å². The van der Waals surface area contributed by atoms with E-state index in [0.717, 1.165) is 16.8 Å². The van der Waals surface area contributed by atoms with Gasteiger partial charge in [-0.25, -0.2) is 4.39 Å².